The molecule has 0 radical (unpaired) electrons. The lowest BCUT2D eigenvalue weighted by Crippen LogP contribution is -2.31. The molecule has 0 spiro atoms. The maximum Gasteiger partial charge on any atom is 0.271 e. The molecule has 6 nitrogen and oxygen atoms in total. The van der Waals surface area contributed by atoms with Gasteiger partial charge in [0.15, 0.2) is 11.6 Å². The van der Waals surface area contributed by atoms with E-state index in [1.54, 1.807) is 6.07 Å². The highest BCUT2D eigenvalue weighted by atomic mass is 35.5. The molecule has 8 heteroatoms. The van der Waals surface area contributed by atoms with Crippen LogP contribution < -0.4 is 16.0 Å². The van der Waals surface area contributed by atoms with Gasteiger partial charge in [-0.3, -0.25) is 4.79 Å². The van der Waals surface area contributed by atoms with Crippen LogP contribution in [0.3, 0.4) is 0 Å². The molecule has 142 valence electrons. The third-order valence-electron chi connectivity index (χ3n) is 4.48. The van der Waals surface area contributed by atoms with Gasteiger partial charge in [0.1, 0.15) is 0 Å². The SMILES string of the molecule is COc1ccc(-c2nn(CC3CC3)c(=O)c(CN)c2CCO)cc1F.Cl. The monoisotopic (exact) mass is 383 g/mol. The van der Waals surface area contributed by atoms with Crippen molar-refractivity contribution >= 4 is 12.4 Å². The van der Waals surface area contributed by atoms with Crippen LogP contribution in [0, 0.1) is 11.7 Å². The summed E-state index contributed by atoms with van der Waals surface area (Å²) < 4.78 is 20.5. The molecule has 1 aliphatic carbocycles. The molecule has 1 fully saturated rings. The number of aliphatic hydroxyl groups excluding tert-OH is 1. The van der Waals surface area contributed by atoms with Gasteiger partial charge in [0.05, 0.1) is 12.8 Å². The number of ether oxygens (including phenoxy) is 1. The van der Waals surface area contributed by atoms with Crippen LogP contribution in [0.25, 0.3) is 11.3 Å². The van der Waals surface area contributed by atoms with E-state index < -0.39 is 5.82 Å². The Labute approximate surface area is 157 Å². The maximum absolute atomic E-state index is 14.1. The number of hydrogen-bond acceptors (Lipinski definition) is 5. The second kappa shape index (κ2) is 8.62. The topological polar surface area (TPSA) is 90.4 Å². The molecule has 0 amide bonds. The Bertz CT molecular complexity index is 837. The highest BCUT2D eigenvalue weighted by Gasteiger charge is 2.25. The number of benzene rings is 1. The van der Waals surface area contributed by atoms with Gasteiger partial charge in [0.2, 0.25) is 0 Å². The van der Waals surface area contributed by atoms with Crippen molar-refractivity contribution in [2.75, 3.05) is 13.7 Å². The molecule has 1 aromatic heterocycles. The predicted molar refractivity (Wildman–Crippen MR) is 99.1 cm³/mol. The summed E-state index contributed by atoms with van der Waals surface area (Å²) in [6.45, 7) is 0.441. The van der Waals surface area contributed by atoms with Gasteiger partial charge in [-0.2, -0.15) is 5.10 Å². The first-order chi connectivity index (χ1) is 12.1. The molecular weight excluding hydrogens is 361 g/mol. The van der Waals surface area contributed by atoms with Crippen LogP contribution in [-0.2, 0) is 19.5 Å². The lowest BCUT2D eigenvalue weighted by atomic mass is 9.99. The standard InChI is InChI=1S/C18H22FN3O3.ClH/c1-25-16-5-4-12(8-15(16)19)17-13(6-7-23)14(9-20)18(24)22(21-17)10-11-2-3-11;/h4-5,8,11,23H,2-3,6-7,9-10,20H2,1H3;1H. The number of halogens is 2. The van der Waals surface area contributed by atoms with Crippen molar-refractivity contribution in [3.63, 3.8) is 0 Å². The molecule has 0 unspecified atom stereocenters. The number of nitrogens with two attached hydrogens (primary N) is 1. The Hall–Kier alpha value is -1.96. The highest BCUT2D eigenvalue weighted by Crippen LogP contribution is 2.31. The fraction of sp³-hybridized carbons (Fsp3) is 0.444. The smallest absolute Gasteiger partial charge is 0.271 e. The molecule has 0 bridgehead atoms. The Balaban J connectivity index is 0.00000243. The normalized spacial score (nSPS) is 13.4. The minimum absolute atomic E-state index is 0. The largest absolute Gasteiger partial charge is 0.494 e. The quantitative estimate of drug-likeness (QED) is 0.761. The van der Waals surface area contributed by atoms with Crippen molar-refractivity contribution in [2.24, 2.45) is 11.7 Å². The van der Waals surface area contributed by atoms with Gasteiger partial charge >= 0.3 is 0 Å². The van der Waals surface area contributed by atoms with Gasteiger partial charge in [-0.25, -0.2) is 9.07 Å². The first-order valence-corrected chi connectivity index (χ1v) is 8.36. The summed E-state index contributed by atoms with van der Waals surface area (Å²) in [6.07, 6.45) is 2.40. The summed E-state index contributed by atoms with van der Waals surface area (Å²) in [6, 6.07) is 4.54. The summed E-state index contributed by atoms with van der Waals surface area (Å²) >= 11 is 0. The van der Waals surface area contributed by atoms with Crippen LogP contribution in [0.4, 0.5) is 4.39 Å². The van der Waals surface area contributed by atoms with Crippen LogP contribution in [0.1, 0.15) is 24.0 Å². The third-order valence-corrected chi connectivity index (χ3v) is 4.48. The molecular formula is C18H23ClFN3O3. The van der Waals surface area contributed by atoms with E-state index in [1.165, 1.54) is 23.9 Å². The first kappa shape index (κ1) is 20.4. The molecule has 1 saturated carbocycles. The molecule has 1 aromatic carbocycles. The van der Waals surface area contributed by atoms with Crippen LogP contribution in [0.15, 0.2) is 23.0 Å². The molecule has 2 aromatic rings. The maximum atomic E-state index is 14.1. The number of nitrogens with zero attached hydrogens (tertiary/aromatic N) is 2. The Kier molecular flexibility index (Phi) is 6.75. The third kappa shape index (κ3) is 4.06. The van der Waals surface area contributed by atoms with Gasteiger partial charge in [-0.15, -0.1) is 12.4 Å². The van der Waals surface area contributed by atoms with Crippen molar-refractivity contribution in [1.29, 1.82) is 0 Å². The molecule has 0 atom stereocenters. The second-order valence-electron chi connectivity index (χ2n) is 6.26. The number of aromatic nitrogens is 2. The van der Waals surface area contributed by atoms with Crippen LogP contribution in [0.5, 0.6) is 5.75 Å². The van der Waals surface area contributed by atoms with Gasteiger partial charge in [0, 0.05) is 30.8 Å². The van der Waals surface area contributed by atoms with Crippen molar-refractivity contribution in [3.05, 3.63) is 45.5 Å². The second-order valence-corrected chi connectivity index (χ2v) is 6.26. The number of aliphatic hydroxyl groups is 1. The zero-order valence-corrected chi connectivity index (χ0v) is 15.4. The zero-order valence-electron chi connectivity index (χ0n) is 14.6. The van der Waals surface area contributed by atoms with E-state index in [2.05, 4.69) is 5.10 Å². The molecule has 0 aliphatic heterocycles. The highest BCUT2D eigenvalue weighted by molar-refractivity contribution is 5.85. The lowest BCUT2D eigenvalue weighted by molar-refractivity contribution is 0.299. The molecule has 1 heterocycles. The number of rotatable bonds is 7. The van der Waals surface area contributed by atoms with E-state index >= 15 is 0 Å². The van der Waals surface area contributed by atoms with Gasteiger partial charge in [-0.1, -0.05) is 0 Å². The average Bonchev–Trinajstić information content (AvgIpc) is 3.42. The van der Waals surface area contributed by atoms with Crippen LogP contribution >= 0.6 is 12.4 Å². The van der Waals surface area contributed by atoms with E-state index in [1.807, 2.05) is 0 Å². The molecule has 0 saturated heterocycles. The lowest BCUT2D eigenvalue weighted by Gasteiger charge is -2.16. The fourth-order valence-corrected chi connectivity index (χ4v) is 2.96. The predicted octanol–water partition coefficient (Wildman–Crippen LogP) is 1.88. The van der Waals surface area contributed by atoms with Crippen molar-refractivity contribution in [3.8, 4) is 17.0 Å². The average molecular weight is 384 g/mol. The summed E-state index contributed by atoms with van der Waals surface area (Å²) in [5.74, 6) is 0.0868. The van der Waals surface area contributed by atoms with Crippen LogP contribution in [0.2, 0.25) is 0 Å². The van der Waals surface area contributed by atoms with Crippen molar-refractivity contribution < 1.29 is 14.2 Å². The number of hydrogen-bond donors (Lipinski definition) is 2. The van der Waals surface area contributed by atoms with E-state index in [-0.39, 0.29) is 43.3 Å². The van der Waals surface area contributed by atoms with E-state index in [9.17, 15) is 14.3 Å². The Morgan fingerprint density at radius 2 is 2.12 bits per heavy atom. The van der Waals surface area contributed by atoms with E-state index in [0.717, 1.165) is 12.8 Å². The molecule has 26 heavy (non-hydrogen) atoms. The Morgan fingerprint density at radius 3 is 2.65 bits per heavy atom. The van der Waals surface area contributed by atoms with Gasteiger partial charge < -0.3 is 15.6 Å². The summed E-state index contributed by atoms with van der Waals surface area (Å²) in [5, 5.41) is 13.9. The minimum Gasteiger partial charge on any atom is -0.494 e. The Morgan fingerprint density at radius 1 is 1.38 bits per heavy atom. The molecule has 3 N–H and O–H groups in total. The van der Waals surface area contributed by atoms with Gasteiger partial charge in [0.25, 0.3) is 5.56 Å². The summed E-state index contributed by atoms with van der Waals surface area (Å²) in [4.78, 5) is 12.7. The van der Waals surface area contributed by atoms with E-state index in [0.29, 0.717) is 34.8 Å². The van der Waals surface area contributed by atoms with Gasteiger partial charge in [-0.05, 0) is 48.9 Å². The minimum atomic E-state index is -0.508. The van der Waals surface area contributed by atoms with Crippen molar-refractivity contribution in [1.82, 2.24) is 9.78 Å². The first-order valence-electron chi connectivity index (χ1n) is 8.36. The molecule has 1 aliphatic rings. The zero-order chi connectivity index (χ0) is 18.0. The van der Waals surface area contributed by atoms with Crippen molar-refractivity contribution in [2.45, 2.75) is 32.4 Å². The fourth-order valence-electron chi connectivity index (χ4n) is 2.96. The number of methoxy groups -OCH3 is 1. The summed E-state index contributed by atoms with van der Waals surface area (Å²) in [5.41, 5.74) is 7.59. The van der Waals surface area contributed by atoms with E-state index in [4.69, 9.17) is 10.5 Å². The van der Waals surface area contributed by atoms with Crippen LogP contribution in [-0.4, -0.2) is 28.6 Å². The molecule has 3 rings (SSSR count). The summed E-state index contributed by atoms with van der Waals surface area (Å²) in [7, 11) is 1.40.